The van der Waals surface area contributed by atoms with Crippen LogP contribution in [0.25, 0.3) is 11.0 Å². The minimum absolute atomic E-state index is 0.0553. The first-order valence-electron chi connectivity index (χ1n) is 9.91. The van der Waals surface area contributed by atoms with Gasteiger partial charge in [0, 0.05) is 18.8 Å². The van der Waals surface area contributed by atoms with Crippen LogP contribution in [0.5, 0.6) is 0 Å². The molecule has 1 fully saturated rings. The fraction of sp³-hybridized carbons (Fsp3) is 0.409. The van der Waals surface area contributed by atoms with Crippen molar-refractivity contribution in [2.24, 2.45) is 0 Å². The van der Waals surface area contributed by atoms with Crippen LogP contribution in [-0.4, -0.2) is 45.4 Å². The molecule has 146 valence electrons. The SMILES string of the molecule is Cc1cc(C)c(NC(=O)CN2CCC(n3nnc4ccccc43)CC2)c(C)c1. The average molecular weight is 377 g/mol. The molecule has 6 heteroatoms. The van der Waals surface area contributed by atoms with Gasteiger partial charge in [-0.2, -0.15) is 0 Å². The normalized spacial score (nSPS) is 15.8. The van der Waals surface area contributed by atoms with Gasteiger partial charge in [0.05, 0.1) is 18.1 Å². The van der Waals surface area contributed by atoms with E-state index in [-0.39, 0.29) is 5.91 Å². The second kappa shape index (κ2) is 7.72. The summed E-state index contributed by atoms with van der Waals surface area (Å²) in [5.74, 6) is 0.0553. The number of rotatable bonds is 4. The second-order valence-electron chi connectivity index (χ2n) is 7.85. The van der Waals surface area contributed by atoms with Crippen molar-refractivity contribution in [2.45, 2.75) is 39.7 Å². The zero-order valence-corrected chi connectivity index (χ0v) is 16.8. The average Bonchev–Trinajstić information content (AvgIpc) is 3.09. The highest BCUT2D eigenvalue weighted by molar-refractivity contribution is 5.93. The lowest BCUT2D eigenvalue weighted by atomic mass is 10.0. The number of likely N-dealkylation sites (tertiary alicyclic amines) is 1. The second-order valence-corrected chi connectivity index (χ2v) is 7.85. The van der Waals surface area contributed by atoms with Gasteiger partial charge in [-0.1, -0.05) is 35.0 Å². The number of nitrogens with one attached hydrogen (secondary N) is 1. The number of anilines is 1. The Morgan fingerprint density at radius 3 is 2.50 bits per heavy atom. The van der Waals surface area contributed by atoms with Crippen LogP contribution in [0.3, 0.4) is 0 Å². The summed E-state index contributed by atoms with van der Waals surface area (Å²) in [6.07, 6.45) is 1.95. The molecule has 28 heavy (non-hydrogen) atoms. The van der Waals surface area contributed by atoms with E-state index in [2.05, 4.69) is 45.7 Å². The van der Waals surface area contributed by atoms with Crippen molar-refractivity contribution in [3.8, 4) is 0 Å². The highest BCUT2D eigenvalue weighted by Gasteiger charge is 2.24. The number of hydrogen-bond donors (Lipinski definition) is 1. The first-order valence-corrected chi connectivity index (χ1v) is 9.91. The Morgan fingerprint density at radius 1 is 1.11 bits per heavy atom. The molecule has 0 atom stereocenters. The number of para-hydroxylation sites is 1. The minimum Gasteiger partial charge on any atom is -0.324 e. The Kier molecular flexibility index (Phi) is 5.13. The van der Waals surface area contributed by atoms with Crippen LogP contribution in [-0.2, 0) is 4.79 Å². The Labute approximate surface area is 165 Å². The predicted octanol–water partition coefficient (Wildman–Crippen LogP) is 3.63. The van der Waals surface area contributed by atoms with E-state index >= 15 is 0 Å². The molecule has 0 saturated carbocycles. The van der Waals surface area contributed by atoms with Crippen LogP contribution in [0.1, 0.15) is 35.6 Å². The summed E-state index contributed by atoms with van der Waals surface area (Å²) in [5, 5.41) is 11.7. The van der Waals surface area contributed by atoms with E-state index in [1.807, 2.05) is 36.7 Å². The Hall–Kier alpha value is -2.73. The molecule has 1 aliphatic heterocycles. The van der Waals surface area contributed by atoms with E-state index in [0.717, 1.165) is 53.8 Å². The van der Waals surface area contributed by atoms with Gasteiger partial charge in [0.1, 0.15) is 5.52 Å². The lowest BCUT2D eigenvalue weighted by Gasteiger charge is -2.31. The minimum atomic E-state index is 0.0553. The van der Waals surface area contributed by atoms with Gasteiger partial charge in [0.25, 0.3) is 0 Å². The zero-order valence-electron chi connectivity index (χ0n) is 16.8. The van der Waals surface area contributed by atoms with E-state index in [0.29, 0.717) is 12.6 Å². The lowest BCUT2D eigenvalue weighted by Crippen LogP contribution is -2.40. The monoisotopic (exact) mass is 377 g/mol. The summed E-state index contributed by atoms with van der Waals surface area (Å²) in [5.41, 5.74) is 6.41. The first-order chi connectivity index (χ1) is 13.5. The van der Waals surface area contributed by atoms with E-state index in [9.17, 15) is 4.79 Å². The first kappa shape index (κ1) is 18.6. The number of fused-ring (bicyclic) bond motifs is 1. The van der Waals surface area contributed by atoms with E-state index in [1.165, 1.54) is 5.56 Å². The van der Waals surface area contributed by atoms with Crippen LogP contribution in [0.2, 0.25) is 0 Å². The molecule has 1 aliphatic rings. The number of benzene rings is 2. The smallest absolute Gasteiger partial charge is 0.238 e. The number of nitrogens with zero attached hydrogens (tertiary/aromatic N) is 4. The van der Waals surface area contributed by atoms with Crippen LogP contribution >= 0.6 is 0 Å². The predicted molar refractivity (Wildman–Crippen MR) is 112 cm³/mol. The standard InChI is InChI=1S/C22H27N5O/c1-15-12-16(2)22(17(3)13-15)23-21(28)14-26-10-8-18(9-11-26)27-20-7-5-4-6-19(20)24-25-27/h4-7,12-13,18H,8-11,14H2,1-3H3,(H,23,28). The van der Waals surface area contributed by atoms with Crippen LogP contribution in [0, 0.1) is 20.8 Å². The summed E-state index contributed by atoms with van der Waals surface area (Å²) in [7, 11) is 0. The molecule has 3 aromatic rings. The zero-order chi connectivity index (χ0) is 19.7. The molecule has 1 aromatic heterocycles. The van der Waals surface area contributed by atoms with Crippen molar-refractivity contribution in [3.63, 3.8) is 0 Å². The van der Waals surface area contributed by atoms with Crippen LogP contribution in [0.15, 0.2) is 36.4 Å². The third-order valence-electron chi connectivity index (χ3n) is 5.59. The molecule has 1 amide bonds. The molecule has 0 bridgehead atoms. The van der Waals surface area contributed by atoms with Gasteiger partial charge < -0.3 is 5.32 Å². The van der Waals surface area contributed by atoms with Gasteiger partial charge in [-0.3, -0.25) is 9.69 Å². The fourth-order valence-corrected chi connectivity index (χ4v) is 4.24. The summed E-state index contributed by atoms with van der Waals surface area (Å²) in [4.78, 5) is 14.8. The van der Waals surface area contributed by atoms with Crippen molar-refractivity contribution >= 4 is 22.6 Å². The van der Waals surface area contributed by atoms with E-state index < -0.39 is 0 Å². The Bertz CT molecular complexity index is 978. The molecule has 0 aliphatic carbocycles. The number of aryl methyl sites for hydroxylation is 3. The van der Waals surface area contributed by atoms with Gasteiger partial charge >= 0.3 is 0 Å². The van der Waals surface area contributed by atoms with Crippen molar-refractivity contribution in [1.82, 2.24) is 19.9 Å². The third-order valence-corrected chi connectivity index (χ3v) is 5.59. The van der Waals surface area contributed by atoms with Crippen molar-refractivity contribution in [3.05, 3.63) is 53.1 Å². The number of carbonyl (C=O) groups excluding carboxylic acids is 1. The van der Waals surface area contributed by atoms with Gasteiger partial charge in [-0.25, -0.2) is 4.68 Å². The molecule has 1 N–H and O–H groups in total. The number of amides is 1. The fourth-order valence-electron chi connectivity index (χ4n) is 4.24. The maximum Gasteiger partial charge on any atom is 0.238 e. The molecule has 4 rings (SSSR count). The van der Waals surface area contributed by atoms with Gasteiger partial charge in [0.15, 0.2) is 0 Å². The molecule has 0 spiro atoms. The van der Waals surface area contributed by atoms with Gasteiger partial charge in [-0.15, -0.1) is 5.10 Å². The van der Waals surface area contributed by atoms with Gasteiger partial charge in [-0.05, 0) is 56.9 Å². The lowest BCUT2D eigenvalue weighted by molar-refractivity contribution is -0.117. The molecule has 6 nitrogen and oxygen atoms in total. The highest BCUT2D eigenvalue weighted by Crippen LogP contribution is 2.26. The molecule has 0 unspecified atom stereocenters. The summed E-state index contributed by atoms with van der Waals surface area (Å²) in [6, 6.07) is 12.6. The van der Waals surface area contributed by atoms with E-state index in [1.54, 1.807) is 0 Å². The van der Waals surface area contributed by atoms with E-state index in [4.69, 9.17) is 0 Å². The summed E-state index contributed by atoms with van der Waals surface area (Å²) >= 11 is 0. The molecular formula is C22H27N5O. The molecule has 0 radical (unpaired) electrons. The Morgan fingerprint density at radius 2 is 1.79 bits per heavy atom. The van der Waals surface area contributed by atoms with Crippen LogP contribution in [0.4, 0.5) is 5.69 Å². The third kappa shape index (κ3) is 3.78. The Balaban J connectivity index is 1.35. The number of carbonyl (C=O) groups is 1. The number of hydrogen-bond acceptors (Lipinski definition) is 4. The number of aromatic nitrogens is 3. The highest BCUT2D eigenvalue weighted by atomic mass is 16.2. The van der Waals surface area contributed by atoms with Gasteiger partial charge in [0.2, 0.25) is 5.91 Å². The molecule has 2 aromatic carbocycles. The molecule has 1 saturated heterocycles. The maximum absolute atomic E-state index is 12.6. The van der Waals surface area contributed by atoms with Crippen molar-refractivity contribution < 1.29 is 4.79 Å². The number of piperidine rings is 1. The molecular weight excluding hydrogens is 350 g/mol. The quantitative estimate of drug-likeness (QED) is 0.754. The van der Waals surface area contributed by atoms with Crippen LogP contribution < -0.4 is 5.32 Å². The largest absolute Gasteiger partial charge is 0.324 e. The van der Waals surface area contributed by atoms with Crippen molar-refractivity contribution in [1.29, 1.82) is 0 Å². The summed E-state index contributed by atoms with van der Waals surface area (Å²) < 4.78 is 2.05. The topological polar surface area (TPSA) is 63.1 Å². The van der Waals surface area contributed by atoms with Crippen molar-refractivity contribution in [2.75, 3.05) is 25.0 Å². The molecule has 2 heterocycles. The maximum atomic E-state index is 12.6. The summed E-state index contributed by atoms with van der Waals surface area (Å²) in [6.45, 7) is 8.37.